The zero-order valence-corrected chi connectivity index (χ0v) is 11.4. The molecule has 0 aromatic heterocycles. The molecule has 1 aliphatic rings. The quantitative estimate of drug-likeness (QED) is 0.630. The number of benzene rings is 2. The second-order valence-electron chi connectivity index (χ2n) is 4.01. The molecule has 2 aromatic rings. The summed E-state index contributed by atoms with van der Waals surface area (Å²) in [6.07, 6.45) is 0. The number of halogens is 2. The summed E-state index contributed by atoms with van der Waals surface area (Å²) >= 11 is 9.35. The van der Waals surface area contributed by atoms with Crippen molar-refractivity contribution in [2.24, 2.45) is 0 Å². The van der Waals surface area contributed by atoms with Gasteiger partial charge in [0.15, 0.2) is 11.6 Å². The molecule has 3 rings (SSSR count). The largest absolute Gasteiger partial charge is 0.289 e. The SMILES string of the molecule is O=C1c2ccccc2C(=O)c2c(Cl)cc(Br)cc21. The molecule has 0 amide bonds. The minimum absolute atomic E-state index is 0.164. The molecule has 0 heterocycles. The summed E-state index contributed by atoms with van der Waals surface area (Å²) < 4.78 is 0.687. The van der Waals surface area contributed by atoms with E-state index in [-0.39, 0.29) is 11.6 Å². The van der Waals surface area contributed by atoms with Gasteiger partial charge in [-0.05, 0) is 12.1 Å². The number of carbonyl (C=O) groups excluding carboxylic acids is 2. The zero-order valence-electron chi connectivity index (χ0n) is 9.04. The van der Waals surface area contributed by atoms with Crippen molar-refractivity contribution < 1.29 is 9.59 Å². The van der Waals surface area contributed by atoms with Gasteiger partial charge in [0.05, 0.1) is 10.6 Å². The Morgan fingerprint density at radius 3 is 2.17 bits per heavy atom. The maximum absolute atomic E-state index is 12.3. The van der Waals surface area contributed by atoms with Crippen LogP contribution in [0, 0.1) is 0 Å². The molecule has 0 aliphatic heterocycles. The molecular weight excluding hydrogens is 316 g/mol. The predicted octanol–water partition coefficient (Wildman–Crippen LogP) is 3.88. The third kappa shape index (κ3) is 1.55. The number of rotatable bonds is 0. The third-order valence-electron chi connectivity index (χ3n) is 2.94. The van der Waals surface area contributed by atoms with E-state index in [0.29, 0.717) is 31.7 Å². The van der Waals surface area contributed by atoms with E-state index in [0.717, 1.165) is 0 Å². The molecule has 0 unspecified atom stereocenters. The van der Waals surface area contributed by atoms with Gasteiger partial charge < -0.3 is 0 Å². The topological polar surface area (TPSA) is 34.1 Å². The zero-order chi connectivity index (χ0) is 12.9. The van der Waals surface area contributed by atoms with E-state index in [1.54, 1.807) is 36.4 Å². The molecule has 2 aromatic carbocycles. The van der Waals surface area contributed by atoms with Gasteiger partial charge in [-0.25, -0.2) is 0 Å². The molecule has 4 heteroatoms. The van der Waals surface area contributed by atoms with E-state index < -0.39 is 0 Å². The molecule has 0 spiro atoms. The molecular formula is C14H6BrClO2. The lowest BCUT2D eigenvalue weighted by Gasteiger charge is -2.18. The molecule has 0 saturated heterocycles. The van der Waals surface area contributed by atoms with Gasteiger partial charge in [0.2, 0.25) is 0 Å². The highest BCUT2D eigenvalue weighted by atomic mass is 79.9. The van der Waals surface area contributed by atoms with Crippen molar-refractivity contribution in [2.75, 3.05) is 0 Å². The van der Waals surface area contributed by atoms with Crippen LogP contribution < -0.4 is 0 Å². The van der Waals surface area contributed by atoms with Crippen LogP contribution in [-0.2, 0) is 0 Å². The van der Waals surface area contributed by atoms with Crippen LogP contribution in [0.5, 0.6) is 0 Å². The number of carbonyl (C=O) groups is 2. The lowest BCUT2D eigenvalue weighted by Crippen LogP contribution is -2.21. The van der Waals surface area contributed by atoms with E-state index in [2.05, 4.69) is 15.9 Å². The van der Waals surface area contributed by atoms with Crippen LogP contribution in [0.1, 0.15) is 31.8 Å². The Morgan fingerprint density at radius 1 is 0.889 bits per heavy atom. The first-order valence-electron chi connectivity index (χ1n) is 5.27. The predicted molar refractivity (Wildman–Crippen MR) is 72.5 cm³/mol. The maximum Gasteiger partial charge on any atom is 0.196 e. The van der Waals surface area contributed by atoms with Gasteiger partial charge in [-0.15, -0.1) is 0 Å². The highest BCUT2D eigenvalue weighted by molar-refractivity contribution is 9.10. The smallest absolute Gasteiger partial charge is 0.196 e. The Bertz CT molecular complexity index is 707. The number of ketones is 2. The van der Waals surface area contributed by atoms with Crippen molar-refractivity contribution in [3.63, 3.8) is 0 Å². The van der Waals surface area contributed by atoms with Crippen LogP contribution in [0.15, 0.2) is 40.9 Å². The van der Waals surface area contributed by atoms with Crippen LogP contribution in [-0.4, -0.2) is 11.6 Å². The summed E-state index contributed by atoms with van der Waals surface area (Å²) in [5, 5.41) is 0.298. The van der Waals surface area contributed by atoms with Gasteiger partial charge in [0.1, 0.15) is 0 Å². The van der Waals surface area contributed by atoms with E-state index in [1.807, 2.05) is 0 Å². The second kappa shape index (κ2) is 4.04. The maximum atomic E-state index is 12.3. The third-order valence-corrected chi connectivity index (χ3v) is 3.70. The fourth-order valence-electron chi connectivity index (χ4n) is 2.14. The Hall–Kier alpha value is -1.45. The van der Waals surface area contributed by atoms with Crippen molar-refractivity contribution in [3.05, 3.63) is 68.1 Å². The first-order valence-corrected chi connectivity index (χ1v) is 6.44. The summed E-state index contributed by atoms with van der Waals surface area (Å²) in [5.41, 5.74) is 1.50. The molecule has 88 valence electrons. The molecule has 0 atom stereocenters. The molecule has 0 fully saturated rings. The van der Waals surface area contributed by atoms with Crippen molar-refractivity contribution in [3.8, 4) is 0 Å². The Balaban J connectivity index is 2.37. The van der Waals surface area contributed by atoms with E-state index >= 15 is 0 Å². The molecule has 0 radical (unpaired) electrons. The first-order chi connectivity index (χ1) is 8.59. The van der Waals surface area contributed by atoms with Crippen LogP contribution in [0.4, 0.5) is 0 Å². The summed E-state index contributed by atoms with van der Waals surface area (Å²) in [4.78, 5) is 24.7. The summed E-state index contributed by atoms with van der Waals surface area (Å²) in [7, 11) is 0. The van der Waals surface area contributed by atoms with E-state index in [1.165, 1.54) is 0 Å². The number of hydrogen-bond donors (Lipinski definition) is 0. The normalized spacial score (nSPS) is 13.2. The van der Waals surface area contributed by atoms with Gasteiger partial charge in [0, 0.05) is 21.2 Å². The van der Waals surface area contributed by atoms with E-state index in [9.17, 15) is 9.59 Å². The fourth-order valence-corrected chi connectivity index (χ4v) is 3.04. The fraction of sp³-hybridized carbons (Fsp3) is 0. The highest BCUT2D eigenvalue weighted by Crippen LogP contribution is 2.34. The molecule has 0 N–H and O–H groups in total. The lowest BCUT2D eigenvalue weighted by molar-refractivity contribution is 0.0979. The molecule has 18 heavy (non-hydrogen) atoms. The Kier molecular flexibility index (Phi) is 2.61. The minimum atomic E-state index is -0.197. The van der Waals surface area contributed by atoms with Crippen LogP contribution >= 0.6 is 27.5 Å². The Labute approximate surface area is 117 Å². The number of hydrogen-bond acceptors (Lipinski definition) is 2. The molecule has 2 nitrogen and oxygen atoms in total. The monoisotopic (exact) mass is 320 g/mol. The summed E-state index contributed by atoms with van der Waals surface area (Å²) in [6.45, 7) is 0. The minimum Gasteiger partial charge on any atom is -0.289 e. The van der Waals surface area contributed by atoms with E-state index in [4.69, 9.17) is 11.6 Å². The van der Waals surface area contributed by atoms with Gasteiger partial charge in [0.25, 0.3) is 0 Å². The lowest BCUT2D eigenvalue weighted by atomic mass is 9.84. The summed E-state index contributed by atoms with van der Waals surface area (Å²) in [5.74, 6) is -0.360. The number of fused-ring (bicyclic) bond motifs is 2. The summed E-state index contributed by atoms with van der Waals surface area (Å²) in [6, 6.07) is 10.1. The van der Waals surface area contributed by atoms with Crippen molar-refractivity contribution >= 4 is 39.1 Å². The molecule has 0 bridgehead atoms. The van der Waals surface area contributed by atoms with Crippen molar-refractivity contribution in [1.82, 2.24) is 0 Å². The van der Waals surface area contributed by atoms with Crippen LogP contribution in [0.25, 0.3) is 0 Å². The molecule has 0 saturated carbocycles. The highest BCUT2D eigenvalue weighted by Gasteiger charge is 2.31. The standard InChI is InChI=1S/C14H6BrClO2/c15-7-5-10-12(11(16)6-7)14(18)9-4-2-1-3-8(9)13(10)17/h1-6H. The molecule has 1 aliphatic carbocycles. The average Bonchev–Trinajstić information content (AvgIpc) is 2.35. The van der Waals surface area contributed by atoms with Gasteiger partial charge in [-0.3, -0.25) is 9.59 Å². The van der Waals surface area contributed by atoms with Gasteiger partial charge in [-0.1, -0.05) is 51.8 Å². The van der Waals surface area contributed by atoms with Crippen LogP contribution in [0.2, 0.25) is 5.02 Å². The van der Waals surface area contributed by atoms with Gasteiger partial charge in [-0.2, -0.15) is 0 Å². The Morgan fingerprint density at radius 2 is 1.50 bits per heavy atom. The van der Waals surface area contributed by atoms with Crippen LogP contribution in [0.3, 0.4) is 0 Å². The van der Waals surface area contributed by atoms with Crippen molar-refractivity contribution in [1.29, 1.82) is 0 Å². The van der Waals surface area contributed by atoms with Gasteiger partial charge >= 0.3 is 0 Å². The average molecular weight is 322 g/mol. The second-order valence-corrected chi connectivity index (χ2v) is 5.34. The van der Waals surface area contributed by atoms with Crippen molar-refractivity contribution in [2.45, 2.75) is 0 Å². The first kappa shape index (κ1) is 11.6.